The number of hydrogen-bond acceptors (Lipinski definition) is 3. The number of aliphatic hydroxyl groups is 1. The molecule has 0 aliphatic carbocycles. The summed E-state index contributed by atoms with van der Waals surface area (Å²) in [4.78, 5) is 8.52. The van der Waals surface area contributed by atoms with E-state index in [-0.39, 0.29) is 11.9 Å². The average Bonchev–Trinajstić information content (AvgIpc) is 2.55. The topological polar surface area (TPSA) is 46.0 Å². The Balaban J connectivity index is 2.01. The first-order valence-corrected chi connectivity index (χ1v) is 8.16. The quantitative estimate of drug-likeness (QED) is 0.571. The van der Waals surface area contributed by atoms with Crippen LogP contribution in [0.15, 0.2) is 49.3 Å². The van der Waals surface area contributed by atoms with E-state index in [2.05, 4.69) is 16.5 Å². The molecule has 0 radical (unpaired) electrons. The van der Waals surface area contributed by atoms with E-state index in [0.29, 0.717) is 23.4 Å². The number of rotatable bonds is 8. The zero-order valence-corrected chi connectivity index (χ0v) is 14.0. The highest BCUT2D eigenvalue weighted by molar-refractivity contribution is 5.63. The Morgan fingerprint density at radius 3 is 2.67 bits per heavy atom. The standard InChI is InChI=1S/C20H23FN2O/c1-3-7-16-10-11-18(19(21)12-16)17-13-22-20(23-14-17)9-6-4-5-8-15(2)24/h3,6,9-15,24H,1,4-5,7-8H2,2H3. The first kappa shape index (κ1) is 18.0. The molecule has 2 aromatic rings. The molecule has 3 nitrogen and oxygen atoms in total. The van der Waals surface area contributed by atoms with Crippen LogP contribution < -0.4 is 0 Å². The number of nitrogens with zero attached hydrogens (tertiary/aromatic N) is 2. The highest BCUT2D eigenvalue weighted by Gasteiger charge is 2.07. The van der Waals surface area contributed by atoms with Gasteiger partial charge in [0.15, 0.2) is 5.82 Å². The second-order valence-electron chi connectivity index (χ2n) is 5.82. The first-order chi connectivity index (χ1) is 11.6. The van der Waals surface area contributed by atoms with Gasteiger partial charge in [0, 0.05) is 23.5 Å². The maximum absolute atomic E-state index is 14.2. The molecule has 0 amide bonds. The fourth-order valence-electron chi connectivity index (χ4n) is 2.37. The lowest BCUT2D eigenvalue weighted by atomic mass is 10.0. The van der Waals surface area contributed by atoms with Gasteiger partial charge in [-0.25, -0.2) is 14.4 Å². The fraction of sp³-hybridized carbons (Fsp3) is 0.300. The van der Waals surface area contributed by atoms with Gasteiger partial charge in [-0.15, -0.1) is 6.58 Å². The molecule has 0 fully saturated rings. The van der Waals surface area contributed by atoms with E-state index < -0.39 is 0 Å². The van der Waals surface area contributed by atoms with Gasteiger partial charge in [0.1, 0.15) is 5.82 Å². The van der Waals surface area contributed by atoms with Crippen LogP contribution in [0.3, 0.4) is 0 Å². The Hall–Kier alpha value is -2.33. The second kappa shape index (κ2) is 9.08. The minimum absolute atomic E-state index is 0.262. The summed E-state index contributed by atoms with van der Waals surface area (Å²) in [6, 6.07) is 5.15. The maximum atomic E-state index is 14.2. The Labute approximate surface area is 142 Å². The van der Waals surface area contributed by atoms with E-state index >= 15 is 0 Å². The summed E-state index contributed by atoms with van der Waals surface area (Å²) in [6.07, 6.45) is 11.8. The molecule has 126 valence electrons. The summed E-state index contributed by atoms with van der Waals surface area (Å²) in [7, 11) is 0. The van der Waals surface area contributed by atoms with Crippen LogP contribution in [0.1, 0.15) is 37.6 Å². The van der Waals surface area contributed by atoms with Gasteiger partial charge < -0.3 is 5.11 Å². The Morgan fingerprint density at radius 2 is 2.04 bits per heavy atom. The minimum atomic E-state index is -0.278. The zero-order chi connectivity index (χ0) is 17.4. The molecule has 0 bridgehead atoms. The molecule has 1 atom stereocenters. The van der Waals surface area contributed by atoms with Gasteiger partial charge in [-0.1, -0.05) is 24.3 Å². The molecule has 0 spiro atoms. The molecule has 4 heteroatoms. The molecule has 24 heavy (non-hydrogen) atoms. The Morgan fingerprint density at radius 1 is 1.29 bits per heavy atom. The first-order valence-electron chi connectivity index (χ1n) is 8.16. The summed E-state index contributed by atoms with van der Waals surface area (Å²) in [6.45, 7) is 5.45. The molecule has 1 unspecified atom stereocenters. The van der Waals surface area contributed by atoms with Crippen molar-refractivity contribution < 1.29 is 9.50 Å². The van der Waals surface area contributed by atoms with Crippen molar-refractivity contribution in [3.63, 3.8) is 0 Å². The highest BCUT2D eigenvalue weighted by atomic mass is 19.1. The van der Waals surface area contributed by atoms with E-state index in [4.69, 9.17) is 0 Å². The predicted molar refractivity (Wildman–Crippen MR) is 95.9 cm³/mol. The van der Waals surface area contributed by atoms with Gasteiger partial charge in [-0.2, -0.15) is 0 Å². The van der Waals surface area contributed by atoms with E-state index in [0.717, 1.165) is 24.8 Å². The van der Waals surface area contributed by atoms with Crippen molar-refractivity contribution in [3.8, 4) is 11.1 Å². The number of aliphatic hydroxyl groups excluding tert-OH is 1. The Bertz CT molecular complexity index is 693. The smallest absolute Gasteiger partial charge is 0.151 e. The average molecular weight is 326 g/mol. The maximum Gasteiger partial charge on any atom is 0.151 e. The largest absolute Gasteiger partial charge is 0.393 e. The van der Waals surface area contributed by atoms with Gasteiger partial charge in [-0.3, -0.25) is 0 Å². The van der Waals surface area contributed by atoms with Crippen LogP contribution in [-0.2, 0) is 6.42 Å². The Kier molecular flexibility index (Phi) is 6.82. The van der Waals surface area contributed by atoms with Crippen LogP contribution >= 0.6 is 0 Å². The lowest BCUT2D eigenvalue weighted by Crippen LogP contribution is -1.97. The van der Waals surface area contributed by atoms with Gasteiger partial charge in [0.25, 0.3) is 0 Å². The SMILES string of the molecule is C=CCc1ccc(-c2cnc(C=CCCCC(C)O)nc2)c(F)c1. The van der Waals surface area contributed by atoms with Crippen LogP contribution in [0.25, 0.3) is 17.2 Å². The molecule has 0 saturated carbocycles. The van der Waals surface area contributed by atoms with E-state index in [1.54, 1.807) is 31.5 Å². The summed E-state index contributed by atoms with van der Waals surface area (Å²) < 4.78 is 14.2. The fourth-order valence-corrected chi connectivity index (χ4v) is 2.37. The lowest BCUT2D eigenvalue weighted by Gasteiger charge is -2.05. The monoisotopic (exact) mass is 326 g/mol. The molecular weight excluding hydrogens is 303 g/mol. The summed E-state index contributed by atoms with van der Waals surface area (Å²) in [5, 5.41) is 9.19. The van der Waals surface area contributed by atoms with Crippen LogP contribution in [0, 0.1) is 5.82 Å². The zero-order valence-electron chi connectivity index (χ0n) is 14.0. The van der Waals surface area contributed by atoms with E-state index in [1.165, 1.54) is 6.07 Å². The third-order valence-electron chi connectivity index (χ3n) is 3.66. The molecule has 1 N–H and O–H groups in total. The van der Waals surface area contributed by atoms with Crippen LogP contribution in [0.4, 0.5) is 4.39 Å². The van der Waals surface area contributed by atoms with Crippen LogP contribution in [0.2, 0.25) is 0 Å². The summed E-state index contributed by atoms with van der Waals surface area (Å²) in [5.41, 5.74) is 2.04. The molecule has 0 aliphatic rings. The van der Waals surface area contributed by atoms with Crippen molar-refractivity contribution in [3.05, 3.63) is 66.5 Å². The molecule has 0 saturated heterocycles. The van der Waals surface area contributed by atoms with E-state index in [1.807, 2.05) is 18.2 Å². The van der Waals surface area contributed by atoms with Crippen molar-refractivity contribution in [1.29, 1.82) is 0 Å². The minimum Gasteiger partial charge on any atom is -0.393 e. The summed E-state index contributed by atoms with van der Waals surface area (Å²) >= 11 is 0. The lowest BCUT2D eigenvalue weighted by molar-refractivity contribution is 0.182. The van der Waals surface area contributed by atoms with Crippen LogP contribution in [0.5, 0.6) is 0 Å². The second-order valence-corrected chi connectivity index (χ2v) is 5.82. The van der Waals surface area contributed by atoms with Gasteiger partial charge in [-0.05, 0) is 50.3 Å². The summed E-state index contributed by atoms with van der Waals surface area (Å²) in [5.74, 6) is 0.318. The molecule has 1 aromatic heterocycles. The highest BCUT2D eigenvalue weighted by Crippen LogP contribution is 2.23. The van der Waals surface area contributed by atoms with Crippen molar-refractivity contribution in [1.82, 2.24) is 9.97 Å². The van der Waals surface area contributed by atoms with Crippen molar-refractivity contribution in [2.75, 3.05) is 0 Å². The third-order valence-corrected chi connectivity index (χ3v) is 3.66. The normalized spacial score (nSPS) is 12.5. The van der Waals surface area contributed by atoms with Gasteiger partial charge in [0.05, 0.1) is 6.10 Å². The van der Waals surface area contributed by atoms with Gasteiger partial charge >= 0.3 is 0 Å². The van der Waals surface area contributed by atoms with Gasteiger partial charge in [0.2, 0.25) is 0 Å². The number of halogens is 1. The number of aromatic nitrogens is 2. The van der Waals surface area contributed by atoms with Crippen LogP contribution in [-0.4, -0.2) is 21.2 Å². The molecule has 0 aliphatic heterocycles. The van der Waals surface area contributed by atoms with Crippen molar-refractivity contribution in [2.45, 2.75) is 38.7 Å². The molecular formula is C20H23FN2O. The molecule has 2 rings (SSSR count). The van der Waals surface area contributed by atoms with E-state index in [9.17, 15) is 9.50 Å². The number of allylic oxidation sites excluding steroid dienone is 2. The van der Waals surface area contributed by atoms with Crippen molar-refractivity contribution >= 4 is 6.08 Å². The number of hydrogen-bond donors (Lipinski definition) is 1. The third kappa shape index (κ3) is 5.39. The number of unbranched alkanes of at least 4 members (excludes halogenated alkanes) is 1. The predicted octanol–water partition coefficient (Wildman–Crippen LogP) is 4.58. The van der Waals surface area contributed by atoms with Crippen molar-refractivity contribution in [2.24, 2.45) is 0 Å². The molecule has 1 aromatic carbocycles. The molecule has 1 heterocycles. The number of benzene rings is 1.